The molecule has 2 atom stereocenters. The highest BCUT2D eigenvalue weighted by Gasteiger charge is 2.41. The molecule has 8 rings (SSSR count). The first-order valence-electron chi connectivity index (χ1n) is 21.4. The molecule has 1 aromatic carbocycles. The number of unbranched alkanes of at least 4 members (excludes halogenated alkanes) is 4. The molecule has 3 amide bonds. The predicted octanol–water partition coefficient (Wildman–Crippen LogP) is 6.53. The summed E-state index contributed by atoms with van der Waals surface area (Å²) in [4.78, 5) is 51.0. The summed E-state index contributed by atoms with van der Waals surface area (Å²) in [5.41, 5.74) is 5.08. The minimum Gasteiger partial charge on any atom is -0.351 e. The fraction of sp³-hybridized carbons (Fsp3) is 0.628. The molecule has 14 heteroatoms. The Labute approximate surface area is 340 Å². The van der Waals surface area contributed by atoms with E-state index >= 15 is 0 Å². The van der Waals surface area contributed by atoms with Crippen LogP contribution in [0.25, 0.3) is 11.3 Å². The Balaban J connectivity index is 0.717. The predicted molar refractivity (Wildman–Crippen MR) is 217 cm³/mol. The van der Waals surface area contributed by atoms with Crippen LogP contribution < -0.4 is 16.0 Å². The van der Waals surface area contributed by atoms with Crippen LogP contribution in [0.15, 0.2) is 24.5 Å². The summed E-state index contributed by atoms with van der Waals surface area (Å²) < 4.78 is 16.8. The number of piperidine rings is 2. The maximum atomic E-state index is 14.9. The van der Waals surface area contributed by atoms with E-state index in [0.29, 0.717) is 35.0 Å². The molecule has 3 aliphatic heterocycles. The Morgan fingerprint density at radius 2 is 1.72 bits per heavy atom. The Morgan fingerprint density at radius 3 is 2.53 bits per heavy atom. The molecule has 3 N–H and O–H groups in total. The molecule has 306 valence electrons. The zero-order valence-electron chi connectivity index (χ0n) is 33.2. The molecular formula is C43H57ClFN9O3. The van der Waals surface area contributed by atoms with Gasteiger partial charge in [0, 0.05) is 55.5 Å². The number of carbonyl (C=O) groups excluding carboxylic acids is 3. The van der Waals surface area contributed by atoms with Crippen molar-refractivity contribution in [3.8, 4) is 11.3 Å². The van der Waals surface area contributed by atoms with Crippen LogP contribution in [0.3, 0.4) is 0 Å². The average molecular weight is 802 g/mol. The highest BCUT2D eigenvalue weighted by molar-refractivity contribution is 6.33. The van der Waals surface area contributed by atoms with Crippen molar-refractivity contribution in [2.24, 2.45) is 13.0 Å². The summed E-state index contributed by atoms with van der Waals surface area (Å²) in [6, 6.07) is 3.12. The van der Waals surface area contributed by atoms with Gasteiger partial charge < -0.3 is 20.4 Å². The number of fused-ring (bicyclic) bond motifs is 1. The molecule has 57 heavy (non-hydrogen) atoms. The minimum atomic E-state index is -0.699. The summed E-state index contributed by atoms with van der Waals surface area (Å²) >= 11 is 6.59. The van der Waals surface area contributed by atoms with Crippen molar-refractivity contribution in [2.45, 2.75) is 133 Å². The highest BCUT2D eigenvalue weighted by Crippen LogP contribution is 2.39. The number of hydrogen-bond donors (Lipinski definition) is 3. The van der Waals surface area contributed by atoms with Gasteiger partial charge in [-0.15, -0.1) is 0 Å². The molecule has 2 aromatic heterocycles. The number of aromatic nitrogens is 4. The van der Waals surface area contributed by atoms with Crippen LogP contribution in [0.4, 0.5) is 10.3 Å². The van der Waals surface area contributed by atoms with Crippen LogP contribution in [-0.2, 0) is 29.6 Å². The van der Waals surface area contributed by atoms with Gasteiger partial charge in [0.15, 0.2) is 0 Å². The van der Waals surface area contributed by atoms with Gasteiger partial charge in [0.25, 0.3) is 5.91 Å². The third-order valence-corrected chi connectivity index (χ3v) is 13.3. The SMILES string of the molecule is Cn1ncc(-c2nc(NC3CCC(NCCCCCCCN4CCC[C@H](c5cc(F)cc6c5CN([C@@H]5CCC(=O)NC5=O)C6=O)C4)CC3)ncc2Cl)c1CC1CC1. The number of aryl methyl sites for hydroxylation is 1. The number of carbonyl (C=O) groups is 3. The van der Waals surface area contributed by atoms with E-state index in [1.807, 2.05) is 17.9 Å². The van der Waals surface area contributed by atoms with Gasteiger partial charge in [-0.2, -0.15) is 5.10 Å². The number of nitrogens with zero attached hydrogens (tertiary/aromatic N) is 6. The first-order chi connectivity index (χ1) is 27.7. The topological polar surface area (TPSA) is 137 Å². The van der Waals surface area contributed by atoms with Gasteiger partial charge in [-0.3, -0.25) is 24.4 Å². The number of likely N-dealkylation sites (tertiary alicyclic amines) is 1. The lowest BCUT2D eigenvalue weighted by Gasteiger charge is -2.34. The fourth-order valence-corrected chi connectivity index (χ4v) is 9.77. The van der Waals surface area contributed by atoms with E-state index in [0.717, 1.165) is 106 Å². The maximum absolute atomic E-state index is 14.9. The lowest BCUT2D eigenvalue weighted by molar-refractivity contribution is -0.136. The average Bonchev–Trinajstić information content (AvgIpc) is 3.88. The van der Waals surface area contributed by atoms with E-state index < -0.39 is 17.8 Å². The summed E-state index contributed by atoms with van der Waals surface area (Å²) in [5.74, 6) is 0.0466. The Hall–Kier alpha value is -3.94. The van der Waals surface area contributed by atoms with Gasteiger partial charge in [0.05, 0.1) is 23.1 Å². The monoisotopic (exact) mass is 801 g/mol. The van der Waals surface area contributed by atoms with Gasteiger partial charge in [-0.25, -0.2) is 14.4 Å². The number of hydrogen-bond acceptors (Lipinski definition) is 9. The third-order valence-electron chi connectivity index (χ3n) is 13.0. The largest absolute Gasteiger partial charge is 0.351 e. The summed E-state index contributed by atoms with van der Waals surface area (Å²) in [6.07, 6.45) is 20.0. The van der Waals surface area contributed by atoms with Crippen molar-refractivity contribution < 1.29 is 18.8 Å². The minimum absolute atomic E-state index is 0.149. The van der Waals surface area contributed by atoms with Gasteiger partial charge in [0.1, 0.15) is 11.9 Å². The summed E-state index contributed by atoms with van der Waals surface area (Å²) in [6.45, 7) is 4.26. The van der Waals surface area contributed by atoms with Crippen LogP contribution in [0, 0.1) is 11.7 Å². The first-order valence-corrected chi connectivity index (χ1v) is 21.8. The number of amides is 3. The fourth-order valence-electron chi connectivity index (χ4n) is 9.58. The second-order valence-electron chi connectivity index (χ2n) is 17.1. The normalized spacial score (nSPS) is 24.2. The van der Waals surface area contributed by atoms with Crippen LogP contribution in [0.1, 0.15) is 129 Å². The van der Waals surface area contributed by atoms with Crippen LogP contribution in [0.2, 0.25) is 5.02 Å². The lowest BCUT2D eigenvalue weighted by Crippen LogP contribution is -2.52. The first kappa shape index (κ1) is 39.9. The van der Waals surface area contributed by atoms with Crippen molar-refractivity contribution in [1.82, 2.24) is 40.2 Å². The smallest absolute Gasteiger partial charge is 0.255 e. The molecule has 0 spiro atoms. The molecule has 2 aliphatic carbocycles. The molecule has 0 bridgehead atoms. The molecule has 2 saturated heterocycles. The number of imide groups is 1. The number of nitrogens with one attached hydrogen (secondary N) is 3. The van der Waals surface area contributed by atoms with Crippen molar-refractivity contribution >= 4 is 35.3 Å². The van der Waals surface area contributed by atoms with Gasteiger partial charge >= 0.3 is 0 Å². The maximum Gasteiger partial charge on any atom is 0.255 e. The second-order valence-corrected chi connectivity index (χ2v) is 17.5. The zero-order chi connectivity index (χ0) is 39.5. The molecular weight excluding hydrogens is 745 g/mol. The molecule has 3 aromatic rings. The molecule has 12 nitrogen and oxygen atoms in total. The molecule has 4 fully saturated rings. The van der Waals surface area contributed by atoms with E-state index in [9.17, 15) is 18.8 Å². The summed E-state index contributed by atoms with van der Waals surface area (Å²) in [7, 11) is 1.99. The van der Waals surface area contributed by atoms with Crippen molar-refractivity contribution in [3.05, 3.63) is 57.8 Å². The molecule has 2 saturated carbocycles. The van der Waals surface area contributed by atoms with Gasteiger partial charge in [-0.1, -0.05) is 30.9 Å². The second kappa shape index (κ2) is 17.9. The molecule has 0 unspecified atom stereocenters. The number of halogens is 2. The van der Waals surface area contributed by atoms with Crippen LogP contribution >= 0.6 is 11.6 Å². The molecule has 0 radical (unpaired) electrons. The van der Waals surface area contributed by atoms with Crippen molar-refractivity contribution in [3.63, 3.8) is 0 Å². The zero-order valence-corrected chi connectivity index (χ0v) is 34.0. The molecule has 5 heterocycles. The molecule has 5 aliphatic rings. The summed E-state index contributed by atoms with van der Waals surface area (Å²) in [5, 5.41) is 14.8. The van der Waals surface area contributed by atoms with Crippen molar-refractivity contribution in [2.75, 3.05) is 31.5 Å². The van der Waals surface area contributed by atoms with Crippen molar-refractivity contribution in [1.29, 1.82) is 0 Å². The van der Waals surface area contributed by atoms with E-state index in [-0.39, 0.29) is 30.7 Å². The van der Waals surface area contributed by atoms with E-state index in [1.165, 1.54) is 55.2 Å². The van der Waals surface area contributed by atoms with E-state index in [2.05, 4.69) is 30.9 Å². The Bertz CT molecular complexity index is 1940. The highest BCUT2D eigenvalue weighted by atomic mass is 35.5. The van der Waals surface area contributed by atoms with Gasteiger partial charge in [0.2, 0.25) is 17.8 Å². The standard InChI is InChI=1S/C43H57ClFN9O3/c1-52-38(20-27-9-10-27)34(23-48-52)40-36(44)24-47-43(51-40)49-31-13-11-30(12-14-31)46-17-5-3-2-4-6-18-53-19-7-8-28(25-53)32-21-29(45)22-33-35(32)26-54(42(33)57)37-15-16-39(55)50-41(37)56/h21-24,27-28,30-31,37,46H,2-20,25-26H2,1H3,(H,47,49,51)(H,50,55,56)/t28-,30?,31?,37+/m0/s1. The third kappa shape index (κ3) is 9.52. The Morgan fingerprint density at radius 1 is 0.930 bits per heavy atom. The van der Waals surface area contributed by atoms with Crippen LogP contribution in [0.5, 0.6) is 0 Å². The number of rotatable bonds is 16. The number of anilines is 1. The number of benzene rings is 1. The van der Waals surface area contributed by atoms with E-state index in [1.54, 1.807) is 12.3 Å². The van der Waals surface area contributed by atoms with Crippen LogP contribution in [-0.4, -0.2) is 91.6 Å². The lowest BCUT2D eigenvalue weighted by atomic mass is 9.86. The Kier molecular flexibility index (Phi) is 12.5. The van der Waals surface area contributed by atoms with Gasteiger partial charge in [-0.05, 0) is 132 Å². The van der Waals surface area contributed by atoms with E-state index in [4.69, 9.17) is 16.6 Å². The quantitative estimate of drug-likeness (QED) is 0.109.